The lowest BCUT2D eigenvalue weighted by molar-refractivity contribution is 0.429. The van der Waals surface area contributed by atoms with Gasteiger partial charge in [0.1, 0.15) is 0 Å². The van der Waals surface area contributed by atoms with Crippen LogP contribution in [0.1, 0.15) is 49.0 Å². The Kier molecular flexibility index (Phi) is 16.3. The van der Waals surface area contributed by atoms with E-state index in [0.29, 0.717) is 5.92 Å². The monoisotopic (exact) mass is 175 g/mol. The zero-order valence-electron chi connectivity index (χ0n) is 9.02. The van der Waals surface area contributed by atoms with Gasteiger partial charge in [0, 0.05) is 0 Å². The fourth-order valence-electron chi connectivity index (χ4n) is 0.272. The van der Waals surface area contributed by atoms with Crippen LogP contribution < -0.4 is 5.73 Å². The van der Waals surface area contributed by atoms with E-state index in [1.54, 1.807) is 0 Å². The van der Waals surface area contributed by atoms with Crippen LogP contribution in [-0.4, -0.2) is 6.54 Å². The number of hydrogen-bond donors (Lipinski definition) is 1. The van der Waals surface area contributed by atoms with Crippen molar-refractivity contribution in [2.75, 3.05) is 6.54 Å². The fraction of sp³-hybridized carbons (Fsp3) is 1.00. The van der Waals surface area contributed by atoms with Crippen molar-refractivity contribution in [3.8, 4) is 0 Å². The second kappa shape index (κ2) is 11.0. The molecule has 0 amide bonds. The molecule has 0 aliphatic rings. The van der Waals surface area contributed by atoms with Crippen molar-refractivity contribution in [2.24, 2.45) is 23.5 Å². The minimum absolute atomic E-state index is 0. The zero-order valence-corrected chi connectivity index (χ0v) is 9.02. The Hall–Kier alpha value is -0.0400. The van der Waals surface area contributed by atoms with E-state index in [9.17, 15) is 0 Å². The average molecular weight is 175 g/mol. The highest BCUT2D eigenvalue weighted by Gasteiger charge is 2.01. The van der Waals surface area contributed by atoms with E-state index in [0.717, 1.165) is 18.4 Å². The molecule has 1 unspecified atom stereocenters. The molecular weight excluding hydrogens is 146 g/mol. The third-order valence-electron chi connectivity index (χ3n) is 1.51. The van der Waals surface area contributed by atoms with Crippen LogP contribution in [0.15, 0.2) is 0 Å². The van der Waals surface area contributed by atoms with Crippen molar-refractivity contribution < 1.29 is 0 Å². The Labute approximate surface area is 79.7 Å². The maximum atomic E-state index is 5.37. The predicted octanol–water partition coefficient (Wildman–Crippen LogP) is 3.54. The molecule has 78 valence electrons. The zero-order chi connectivity index (χ0) is 9.44. The van der Waals surface area contributed by atoms with Crippen LogP contribution in [0.2, 0.25) is 0 Å². The van der Waals surface area contributed by atoms with Gasteiger partial charge >= 0.3 is 0 Å². The molecule has 0 aliphatic heterocycles. The van der Waals surface area contributed by atoms with E-state index in [-0.39, 0.29) is 7.43 Å². The molecule has 0 aromatic carbocycles. The topological polar surface area (TPSA) is 26.0 Å². The molecule has 0 saturated carbocycles. The van der Waals surface area contributed by atoms with Crippen LogP contribution in [0.3, 0.4) is 0 Å². The van der Waals surface area contributed by atoms with Crippen LogP contribution in [0.25, 0.3) is 0 Å². The molecule has 1 nitrogen and oxygen atoms in total. The highest BCUT2D eigenvalue weighted by Crippen LogP contribution is 2.05. The summed E-state index contributed by atoms with van der Waals surface area (Å²) in [4.78, 5) is 0. The summed E-state index contributed by atoms with van der Waals surface area (Å²) >= 11 is 0. The summed E-state index contributed by atoms with van der Waals surface area (Å²) in [5, 5.41) is 0. The van der Waals surface area contributed by atoms with Gasteiger partial charge in [-0.15, -0.1) is 0 Å². The third-order valence-corrected chi connectivity index (χ3v) is 1.51. The van der Waals surface area contributed by atoms with Crippen molar-refractivity contribution in [3.05, 3.63) is 0 Å². The van der Waals surface area contributed by atoms with Gasteiger partial charge in [0.25, 0.3) is 0 Å². The highest BCUT2D eigenvalue weighted by atomic mass is 14.5. The highest BCUT2D eigenvalue weighted by molar-refractivity contribution is 4.55. The van der Waals surface area contributed by atoms with Crippen molar-refractivity contribution in [3.63, 3.8) is 0 Å². The Balaban J connectivity index is -0.000000142. The Morgan fingerprint density at radius 3 is 1.17 bits per heavy atom. The van der Waals surface area contributed by atoms with E-state index in [2.05, 4.69) is 41.5 Å². The number of nitrogens with two attached hydrogens (primary N) is 1. The second-order valence-corrected chi connectivity index (χ2v) is 4.19. The SMILES string of the molecule is C.CC(C)C.CC(C)C(C)CN. The summed E-state index contributed by atoms with van der Waals surface area (Å²) in [6.07, 6.45) is 0. The summed E-state index contributed by atoms with van der Waals surface area (Å²) in [5.41, 5.74) is 5.37. The molecule has 0 radical (unpaired) electrons. The van der Waals surface area contributed by atoms with Crippen LogP contribution in [0, 0.1) is 17.8 Å². The first-order valence-corrected chi connectivity index (χ1v) is 4.61. The predicted molar refractivity (Wildman–Crippen MR) is 60.3 cm³/mol. The van der Waals surface area contributed by atoms with E-state index < -0.39 is 0 Å². The lowest BCUT2D eigenvalue weighted by Gasteiger charge is -2.10. The van der Waals surface area contributed by atoms with E-state index in [1.165, 1.54) is 0 Å². The van der Waals surface area contributed by atoms with Crippen molar-refractivity contribution in [2.45, 2.75) is 49.0 Å². The largest absolute Gasteiger partial charge is 0.330 e. The molecule has 1 heteroatoms. The first-order chi connectivity index (χ1) is 4.91. The Morgan fingerprint density at radius 2 is 1.17 bits per heavy atom. The average Bonchev–Trinajstić information content (AvgIpc) is 1.85. The molecular formula is C11H29N. The minimum atomic E-state index is 0. The molecule has 12 heavy (non-hydrogen) atoms. The summed E-state index contributed by atoms with van der Waals surface area (Å²) in [6.45, 7) is 13.9. The van der Waals surface area contributed by atoms with Gasteiger partial charge in [-0.1, -0.05) is 49.0 Å². The van der Waals surface area contributed by atoms with Crippen molar-refractivity contribution >= 4 is 0 Å². The fourth-order valence-corrected chi connectivity index (χ4v) is 0.272. The molecule has 0 aromatic heterocycles. The van der Waals surface area contributed by atoms with Gasteiger partial charge in [0.05, 0.1) is 0 Å². The summed E-state index contributed by atoms with van der Waals surface area (Å²) in [5.74, 6) is 2.25. The molecule has 0 heterocycles. The smallest absolute Gasteiger partial charge is 0.00491 e. The molecule has 0 rings (SSSR count). The van der Waals surface area contributed by atoms with Crippen LogP contribution >= 0.6 is 0 Å². The Bertz CT molecular complexity index is 64.6. The lowest BCUT2D eigenvalue weighted by atomic mass is 9.99. The van der Waals surface area contributed by atoms with Crippen LogP contribution in [0.5, 0.6) is 0 Å². The second-order valence-electron chi connectivity index (χ2n) is 4.19. The number of rotatable bonds is 2. The maximum absolute atomic E-state index is 5.37. The van der Waals surface area contributed by atoms with Crippen molar-refractivity contribution in [1.82, 2.24) is 0 Å². The van der Waals surface area contributed by atoms with E-state index >= 15 is 0 Å². The molecule has 0 bridgehead atoms. The van der Waals surface area contributed by atoms with Crippen LogP contribution in [-0.2, 0) is 0 Å². The van der Waals surface area contributed by atoms with Crippen molar-refractivity contribution in [1.29, 1.82) is 0 Å². The van der Waals surface area contributed by atoms with E-state index in [4.69, 9.17) is 5.73 Å². The van der Waals surface area contributed by atoms with Crippen LogP contribution in [0.4, 0.5) is 0 Å². The molecule has 0 spiro atoms. The van der Waals surface area contributed by atoms with Gasteiger partial charge < -0.3 is 5.73 Å². The molecule has 0 saturated heterocycles. The standard InChI is InChI=1S/C6H15N.C4H10.CH4/c1-5(2)6(3)4-7;1-4(2)3;/h5-6H,4,7H2,1-3H3;4H,1-3H3;1H4. The first-order valence-electron chi connectivity index (χ1n) is 4.61. The Morgan fingerprint density at radius 1 is 0.917 bits per heavy atom. The molecule has 1 atom stereocenters. The number of hydrogen-bond acceptors (Lipinski definition) is 1. The van der Waals surface area contributed by atoms with E-state index in [1.807, 2.05) is 0 Å². The third kappa shape index (κ3) is 22.5. The minimum Gasteiger partial charge on any atom is -0.330 e. The lowest BCUT2D eigenvalue weighted by Crippen LogP contribution is -2.15. The quantitative estimate of drug-likeness (QED) is 0.682. The summed E-state index contributed by atoms with van der Waals surface area (Å²) < 4.78 is 0. The van der Waals surface area contributed by atoms with Gasteiger partial charge in [0.2, 0.25) is 0 Å². The molecule has 0 fully saturated rings. The summed E-state index contributed by atoms with van der Waals surface area (Å²) in [7, 11) is 0. The normalized spacial score (nSPS) is 11.8. The van der Waals surface area contributed by atoms with Gasteiger partial charge in [-0.2, -0.15) is 0 Å². The summed E-state index contributed by atoms with van der Waals surface area (Å²) in [6, 6.07) is 0. The molecule has 0 aliphatic carbocycles. The van der Waals surface area contributed by atoms with Gasteiger partial charge in [-0.25, -0.2) is 0 Å². The van der Waals surface area contributed by atoms with Gasteiger partial charge in [0.15, 0.2) is 0 Å². The first kappa shape index (κ1) is 17.9. The molecule has 2 N–H and O–H groups in total. The van der Waals surface area contributed by atoms with Gasteiger partial charge in [-0.3, -0.25) is 0 Å². The molecule has 0 aromatic rings. The van der Waals surface area contributed by atoms with Gasteiger partial charge in [-0.05, 0) is 24.3 Å². The maximum Gasteiger partial charge on any atom is -0.00491 e.